The summed E-state index contributed by atoms with van der Waals surface area (Å²) in [4.78, 5) is 13.9. The van der Waals surface area contributed by atoms with Crippen molar-refractivity contribution in [3.05, 3.63) is 18.0 Å². The van der Waals surface area contributed by atoms with Crippen LogP contribution in [0.2, 0.25) is 0 Å². The lowest BCUT2D eigenvalue weighted by atomic mass is 9.90. The Morgan fingerprint density at radius 2 is 1.87 bits per heavy atom. The Morgan fingerprint density at radius 3 is 2.30 bits per heavy atom. The summed E-state index contributed by atoms with van der Waals surface area (Å²) < 4.78 is 39.3. The molecule has 1 amide bonds. The van der Waals surface area contributed by atoms with Crippen molar-refractivity contribution in [3.8, 4) is 0 Å². The molecule has 1 aromatic heterocycles. The first kappa shape index (κ1) is 17.8. The smallest absolute Gasteiger partial charge is 0.383 e. The van der Waals surface area contributed by atoms with E-state index in [-0.39, 0.29) is 37.4 Å². The van der Waals surface area contributed by atoms with Gasteiger partial charge in [-0.2, -0.15) is 18.3 Å². The summed E-state index contributed by atoms with van der Waals surface area (Å²) in [6, 6.07) is 0. The second-order valence-electron chi connectivity index (χ2n) is 6.96. The van der Waals surface area contributed by atoms with E-state index in [9.17, 15) is 23.1 Å². The number of rotatable bonds is 2. The maximum absolute atomic E-state index is 12.5. The molecule has 23 heavy (non-hydrogen) atoms. The number of aliphatic hydroxyl groups excluding tert-OH is 1. The van der Waals surface area contributed by atoms with E-state index in [1.807, 2.05) is 20.8 Å². The number of hydrogen-bond donors (Lipinski definition) is 1. The third-order valence-electron chi connectivity index (χ3n) is 4.13. The first-order valence-electron chi connectivity index (χ1n) is 7.59. The van der Waals surface area contributed by atoms with Gasteiger partial charge in [-0.05, 0) is 39.5 Å². The van der Waals surface area contributed by atoms with Gasteiger partial charge in [0, 0.05) is 19.3 Å². The van der Waals surface area contributed by atoms with Gasteiger partial charge in [-0.1, -0.05) is 0 Å². The van der Waals surface area contributed by atoms with E-state index in [1.165, 1.54) is 11.1 Å². The molecule has 2 heterocycles. The summed E-state index contributed by atoms with van der Waals surface area (Å²) in [5, 5.41) is 13.5. The zero-order valence-electron chi connectivity index (χ0n) is 13.5. The van der Waals surface area contributed by atoms with Crippen LogP contribution in [-0.4, -0.2) is 51.1 Å². The molecule has 1 aromatic rings. The lowest BCUT2D eigenvalue weighted by Crippen LogP contribution is -2.45. The van der Waals surface area contributed by atoms with Gasteiger partial charge in [-0.15, -0.1) is 0 Å². The number of alkyl halides is 3. The van der Waals surface area contributed by atoms with Crippen molar-refractivity contribution in [2.75, 3.05) is 13.1 Å². The van der Waals surface area contributed by atoms with Gasteiger partial charge in [0.15, 0.2) is 6.10 Å². The summed E-state index contributed by atoms with van der Waals surface area (Å²) >= 11 is 0. The number of piperidine rings is 1. The van der Waals surface area contributed by atoms with Gasteiger partial charge in [0.25, 0.3) is 5.91 Å². The third kappa shape index (κ3) is 4.04. The predicted octanol–water partition coefficient (Wildman–Crippen LogP) is 2.41. The van der Waals surface area contributed by atoms with E-state index in [1.54, 1.807) is 10.9 Å². The van der Waals surface area contributed by atoms with Crippen LogP contribution in [-0.2, 0) is 5.54 Å². The van der Waals surface area contributed by atoms with Gasteiger partial charge in [0.1, 0.15) is 0 Å². The van der Waals surface area contributed by atoms with Crippen LogP contribution in [0.15, 0.2) is 12.4 Å². The fraction of sp³-hybridized carbons (Fsp3) is 0.733. The summed E-state index contributed by atoms with van der Waals surface area (Å²) in [6.45, 7) is 6.28. The molecule has 0 radical (unpaired) electrons. The number of carbonyl (C=O) groups excluding carboxylic acids is 1. The van der Waals surface area contributed by atoms with Gasteiger partial charge in [0.05, 0.1) is 17.3 Å². The minimum atomic E-state index is -4.61. The first-order chi connectivity index (χ1) is 10.5. The number of hydrogen-bond acceptors (Lipinski definition) is 3. The van der Waals surface area contributed by atoms with Gasteiger partial charge < -0.3 is 10.0 Å². The van der Waals surface area contributed by atoms with Gasteiger partial charge in [0.2, 0.25) is 0 Å². The highest BCUT2D eigenvalue weighted by Crippen LogP contribution is 2.31. The second-order valence-corrected chi connectivity index (χ2v) is 6.96. The Morgan fingerprint density at radius 1 is 1.30 bits per heavy atom. The Bertz CT molecular complexity index is 555. The Hall–Kier alpha value is -1.57. The first-order valence-corrected chi connectivity index (χ1v) is 7.59. The summed E-state index contributed by atoms with van der Waals surface area (Å²) in [5.41, 5.74) is 0.178. The molecular weight excluding hydrogens is 311 g/mol. The molecule has 1 saturated heterocycles. The molecule has 1 aliphatic heterocycles. The quantitative estimate of drug-likeness (QED) is 0.904. The predicted molar refractivity (Wildman–Crippen MR) is 77.9 cm³/mol. The Kier molecular flexibility index (Phi) is 4.75. The Labute approximate surface area is 133 Å². The minimum absolute atomic E-state index is 0.139. The molecule has 5 nitrogen and oxygen atoms in total. The number of amides is 1. The lowest BCUT2D eigenvalue weighted by molar-refractivity contribution is -0.222. The normalized spacial score (nSPS) is 19.0. The highest BCUT2D eigenvalue weighted by atomic mass is 19.4. The zero-order valence-corrected chi connectivity index (χ0v) is 13.5. The molecule has 0 bridgehead atoms. The number of aromatic nitrogens is 2. The van der Waals surface area contributed by atoms with Crippen molar-refractivity contribution in [1.29, 1.82) is 0 Å². The van der Waals surface area contributed by atoms with Crippen molar-refractivity contribution in [1.82, 2.24) is 14.7 Å². The number of halogens is 3. The number of carbonyl (C=O) groups is 1. The van der Waals surface area contributed by atoms with Gasteiger partial charge >= 0.3 is 6.18 Å². The molecule has 1 atom stereocenters. The monoisotopic (exact) mass is 333 g/mol. The average Bonchev–Trinajstić information content (AvgIpc) is 2.95. The van der Waals surface area contributed by atoms with Crippen LogP contribution in [0.3, 0.4) is 0 Å². The molecule has 1 unspecified atom stereocenters. The molecule has 0 saturated carbocycles. The van der Waals surface area contributed by atoms with E-state index >= 15 is 0 Å². The zero-order chi connectivity index (χ0) is 17.4. The van der Waals surface area contributed by atoms with E-state index in [4.69, 9.17) is 0 Å². The molecule has 0 aliphatic carbocycles. The molecular formula is C15H22F3N3O2. The van der Waals surface area contributed by atoms with Crippen LogP contribution in [0.1, 0.15) is 44.0 Å². The standard InChI is InChI=1S/C15H22F3N3O2/c1-14(2,3)21-9-11(8-19-21)13(23)20-6-4-10(5-7-20)12(22)15(16,17)18/h8-10,12,22H,4-7H2,1-3H3. The van der Waals surface area contributed by atoms with Crippen molar-refractivity contribution < 1.29 is 23.1 Å². The van der Waals surface area contributed by atoms with E-state index in [0.29, 0.717) is 5.56 Å². The molecule has 2 rings (SSSR count). The van der Waals surface area contributed by atoms with Crippen LogP contribution in [0.4, 0.5) is 13.2 Å². The van der Waals surface area contributed by atoms with E-state index in [0.717, 1.165) is 0 Å². The molecule has 1 aliphatic rings. The van der Waals surface area contributed by atoms with Gasteiger partial charge in [-0.3, -0.25) is 9.48 Å². The van der Waals surface area contributed by atoms with Crippen molar-refractivity contribution >= 4 is 5.91 Å². The minimum Gasteiger partial charge on any atom is -0.383 e. The molecule has 130 valence electrons. The molecule has 8 heteroatoms. The van der Waals surface area contributed by atoms with Crippen molar-refractivity contribution in [2.45, 2.75) is 51.4 Å². The third-order valence-corrected chi connectivity index (χ3v) is 4.13. The number of aliphatic hydroxyl groups is 1. The van der Waals surface area contributed by atoms with Crippen LogP contribution in [0, 0.1) is 5.92 Å². The van der Waals surface area contributed by atoms with Crippen LogP contribution in [0.5, 0.6) is 0 Å². The molecule has 1 N–H and O–H groups in total. The van der Waals surface area contributed by atoms with E-state index < -0.39 is 18.2 Å². The average molecular weight is 333 g/mol. The molecule has 0 spiro atoms. The second kappa shape index (κ2) is 6.14. The number of likely N-dealkylation sites (tertiary alicyclic amines) is 1. The topological polar surface area (TPSA) is 58.4 Å². The Balaban J connectivity index is 1.97. The maximum Gasteiger partial charge on any atom is 0.414 e. The number of nitrogens with zero attached hydrogens (tertiary/aromatic N) is 3. The largest absolute Gasteiger partial charge is 0.414 e. The van der Waals surface area contributed by atoms with Crippen LogP contribution < -0.4 is 0 Å². The van der Waals surface area contributed by atoms with E-state index in [2.05, 4.69) is 5.10 Å². The fourth-order valence-electron chi connectivity index (χ4n) is 2.67. The highest BCUT2D eigenvalue weighted by molar-refractivity contribution is 5.93. The SMILES string of the molecule is CC(C)(C)n1cc(C(=O)N2CCC(C(O)C(F)(F)F)CC2)cn1. The highest BCUT2D eigenvalue weighted by Gasteiger charge is 2.44. The van der Waals surface area contributed by atoms with Crippen LogP contribution >= 0.6 is 0 Å². The summed E-state index contributed by atoms with van der Waals surface area (Å²) in [7, 11) is 0. The molecule has 0 aromatic carbocycles. The molecule has 1 fully saturated rings. The van der Waals surface area contributed by atoms with Crippen molar-refractivity contribution in [3.63, 3.8) is 0 Å². The van der Waals surface area contributed by atoms with Crippen molar-refractivity contribution in [2.24, 2.45) is 5.92 Å². The van der Waals surface area contributed by atoms with Crippen LogP contribution in [0.25, 0.3) is 0 Å². The van der Waals surface area contributed by atoms with Gasteiger partial charge in [-0.25, -0.2) is 0 Å². The lowest BCUT2D eigenvalue weighted by Gasteiger charge is -2.34. The summed E-state index contributed by atoms with van der Waals surface area (Å²) in [6.07, 6.45) is -3.52. The summed E-state index contributed by atoms with van der Waals surface area (Å²) in [5.74, 6) is -1.09. The maximum atomic E-state index is 12.5. The fourth-order valence-corrected chi connectivity index (χ4v) is 2.67.